The Labute approximate surface area is 206 Å². The second-order valence-electron chi connectivity index (χ2n) is 10.2. The number of nitrogens with zero attached hydrogens (tertiary/aromatic N) is 3. The fraction of sp³-hybridized carbons (Fsp3) is 0.500. The van der Waals surface area contributed by atoms with Crippen LogP contribution in [0.1, 0.15) is 47.2 Å². The predicted octanol–water partition coefficient (Wildman–Crippen LogP) is 3.32. The maximum Gasteiger partial charge on any atom is 0.254 e. The van der Waals surface area contributed by atoms with E-state index in [1.807, 2.05) is 4.90 Å². The summed E-state index contributed by atoms with van der Waals surface area (Å²) in [7, 11) is 0. The largest absolute Gasteiger partial charge is 0.454 e. The van der Waals surface area contributed by atoms with Crippen LogP contribution in [0, 0.1) is 5.92 Å². The molecule has 2 amide bonds. The van der Waals surface area contributed by atoms with Crippen LogP contribution in [0.15, 0.2) is 42.5 Å². The molecule has 0 aromatic heterocycles. The van der Waals surface area contributed by atoms with E-state index in [-0.39, 0.29) is 24.6 Å². The Hall–Kier alpha value is -3.06. The molecule has 0 N–H and O–H groups in total. The van der Waals surface area contributed by atoms with Gasteiger partial charge in [-0.2, -0.15) is 0 Å². The van der Waals surface area contributed by atoms with Crippen molar-refractivity contribution in [3.05, 3.63) is 59.2 Å². The van der Waals surface area contributed by atoms with Crippen molar-refractivity contribution in [1.29, 1.82) is 0 Å². The highest BCUT2D eigenvalue weighted by molar-refractivity contribution is 5.95. The smallest absolute Gasteiger partial charge is 0.254 e. The molecule has 1 saturated carbocycles. The standard InChI is InChI=1S/C28H33N3O4/c32-27(22-9-10-24-25(17-22)35-19-34-24)30-15-13-29(14-16-30)26(21-6-2-3-7-21)28(33)31-12-11-20-5-1-4-8-23(20)18-31/h1,4-5,8-10,17,21,26H,2-3,6-7,11-16,18-19H2. The van der Waals surface area contributed by atoms with Gasteiger partial charge >= 0.3 is 0 Å². The van der Waals surface area contributed by atoms with Crippen LogP contribution in [0.2, 0.25) is 0 Å². The first-order valence-corrected chi connectivity index (χ1v) is 13.0. The van der Waals surface area contributed by atoms with Gasteiger partial charge in [-0.25, -0.2) is 0 Å². The number of ether oxygens (including phenoxy) is 2. The summed E-state index contributed by atoms with van der Waals surface area (Å²) in [6.45, 7) is 4.42. The molecule has 7 nitrogen and oxygen atoms in total. The van der Waals surface area contributed by atoms with E-state index in [1.54, 1.807) is 18.2 Å². The van der Waals surface area contributed by atoms with E-state index < -0.39 is 0 Å². The number of amides is 2. The van der Waals surface area contributed by atoms with Crippen LogP contribution < -0.4 is 9.47 Å². The maximum atomic E-state index is 13.9. The predicted molar refractivity (Wildman–Crippen MR) is 131 cm³/mol. The van der Waals surface area contributed by atoms with E-state index in [0.29, 0.717) is 42.6 Å². The summed E-state index contributed by atoms with van der Waals surface area (Å²) in [6, 6.07) is 13.8. The van der Waals surface area contributed by atoms with E-state index >= 15 is 0 Å². The van der Waals surface area contributed by atoms with E-state index in [0.717, 1.165) is 38.9 Å². The minimum Gasteiger partial charge on any atom is -0.454 e. The van der Waals surface area contributed by atoms with Crippen LogP contribution in [-0.4, -0.2) is 72.1 Å². The van der Waals surface area contributed by atoms with Gasteiger partial charge in [0.15, 0.2) is 11.5 Å². The summed E-state index contributed by atoms with van der Waals surface area (Å²) < 4.78 is 10.8. The molecule has 3 aliphatic heterocycles. The average Bonchev–Trinajstić information content (AvgIpc) is 3.60. The Morgan fingerprint density at radius 1 is 0.829 bits per heavy atom. The lowest BCUT2D eigenvalue weighted by Crippen LogP contribution is -2.58. The van der Waals surface area contributed by atoms with Crippen LogP contribution in [0.5, 0.6) is 11.5 Å². The molecular weight excluding hydrogens is 442 g/mol. The number of rotatable bonds is 4. The van der Waals surface area contributed by atoms with Crippen molar-refractivity contribution in [3.63, 3.8) is 0 Å². The fourth-order valence-corrected chi connectivity index (χ4v) is 6.22. The second kappa shape index (κ2) is 9.53. The minimum atomic E-state index is -0.0782. The van der Waals surface area contributed by atoms with Gasteiger partial charge in [-0.1, -0.05) is 37.1 Å². The Kier molecular flexibility index (Phi) is 6.10. The molecule has 2 aromatic carbocycles. The molecule has 1 unspecified atom stereocenters. The van der Waals surface area contributed by atoms with Crippen LogP contribution in [-0.2, 0) is 17.8 Å². The number of piperazine rings is 1. The molecule has 2 aromatic rings. The first-order chi connectivity index (χ1) is 17.2. The Bertz CT molecular complexity index is 1110. The SMILES string of the molecule is O=C(c1ccc2c(c1)OCO2)N1CCN(C(C(=O)N2CCc3ccccc3C2)C2CCCC2)CC1. The van der Waals surface area contributed by atoms with Gasteiger partial charge in [-0.3, -0.25) is 14.5 Å². The van der Waals surface area contributed by atoms with Crippen LogP contribution in [0.25, 0.3) is 0 Å². The zero-order chi connectivity index (χ0) is 23.8. The zero-order valence-corrected chi connectivity index (χ0v) is 20.2. The Balaban J connectivity index is 1.14. The summed E-state index contributed by atoms with van der Waals surface area (Å²) in [4.78, 5) is 33.4. The first kappa shape index (κ1) is 22.4. The topological polar surface area (TPSA) is 62.3 Å². The van der Waals surface area contributed by atoms with Gasteiger partial charge < -0.3 is 19.3 Å². The van der Waals surface area contributed by atoms with Crippen molar-refractivity contribution >= 4 is 11.8 Å². The van der Waals surface area contributed by atoms with E-state index in [2.05, 4.69) is 34.1 Å². The third-order valence-electron chi connectivity index (χ3n) is 8.16. The number of carbonyl (C=O) groups excluding carboxylic acids is 2. The van der Waals surface area contributed by atoms with Crippen molar-refractivity contribution in [1.82, 2.24) is 14.7 Å². The molecule has 3 heterocycles. The lowest BCUT2D eigenvalue weighted by Gasteiger charge is -2.43. The van der Waals surface area contributed by atoms with Gasteiger partial charge in [0, 0.05) is 44.8 Å². The minimum absolute atomic E-state index is 0.0133. The first-order valence-electron chi connectivity index (χ1n) is 13.0. The van der Waals surface area contributed by atoms with Crippen molar-refractivity contribution in [2.24, 2.45) is 5.92 Å². The lowest BCUT2D eigenvalue weighted by molar-refractivity contribution is -0.141. The van der Waals surface area contributed by atoms with Crippen molar-refractivity contribution in [3.8, 4) is 11.5 Å². The number of carbonyl (C=O) groups is 2. The maximum absolute atomic E-state index is 13.9. The van der Waals surface area contributed by atoms with Crippen molar-refractivity contribution in [2.75, 3.05) is 39.5 Å². The molecule has 35 heavy (non-hydrogen) atoms. The molecule has 0 radical (unpaired) electrons. The van der Waals surface area contributed by atoms with Gasteiger partial charge in [0.1, 0.15) is 0 Å². The molecule has 4 aliphatic rings. The van der Waals surface area contributed by atoms with E-state index in [4.69, 9.17) is 9.47 Å². The van der Waals surface area contributed by atoms with Gasteiger partial charge in [-0.15, -0.1) is 0 Å². The normalized spacial score (nSPS) is 21.1. The second-order valence-corrected chi connectivity index (χ2v) is 10.2. The van der Waals surface area contributed by atoms with Gasteiger partial charge in [-0.05, 0) is 54.5 Å². The molecule has 0 bridgehead atoms. The molecule has 1 aliphatic carbocycles. The number of hydrogen-bond donors (Lipinski definition) is 0. The molecule has 184 valence electrons. The van der Waals surface area contributed by atoms with Gasteiger partial charge in [0.05, 0.1) is 6.04 Å². The number of hydrogen-bond acceptors (Lipinski definition) is 5. The van der Waals surface area contributed by atoms with Crippen LogP contribution in [0.4, 0.5) is 0 Å². The van der Waals surface area contributed by atoms with Gasteiger partial charge in [0.2, 0.25) is 12.7 Å². The highest BCUT2D eigenvalue weighted by Crippen LogP contribution is 2.34. The summed E-state index contributed by atoms with van der Waals surface area (Å²) in [6.07, 6.45) is 5.59. The van der Waals surface area contributed by atoms with Crippen molar-refractivity contribution in [2.45, 2.75) is 44.7 Å². The molecule has 6 rings (SSSR count). The molecule has 0 spiro atoms. The monoisotopic (exact) mass is 475 g/mol. The third-order valence-corrected chi connectivity index (χ3v) is 8.16. The average molecular weight is 476 g/mol. The Morgan fingerprint density at radius 2 is 1.57 bits per heavy atom. The molecule has 1 atom stereocenters. The Morgan fingerprint density at radius 3 is 2.37 bits per heavy atom. The van der Waals surface area contributed by atoms with Crippen LogP contribution in [0.3, 0.4) is 0 Å². The quantitative estimate of drug-likeness (QED) is 0.679. The summed E-state index contributed by atoms with van der Waals surface area (Å²) in [5, 5.41) is 0. The van der Waals surface area contributed by atoms with Crippen molar-refractivity contribution < 1.29 is 19.1 Å². The zero-order valence-electron chi connectivity index (χ0n) is 20.2. The fourth-order valence-electron chi connectivity index (χ4n) is 6.22. The third kappa shape index (κ3) is 4.38. The molecule has 2 fully saturated rings. The molecular formula is C28H33N3O4. The van der Waals surface area contributed by atoms with E-state index in [1.165, 1.54) is 24.0 Å². The highest BCUT2D eigenvalue weighted by atomic mass is 16.7. The number of benzene rings is 2. The lowest BCUT2D eigenvalue weighted by atomic mass is 9.92. The van der Waals surface area contributed by atoms with Gasteiger partial charge in [0.25, 0.3) is 5.91 Å². The highest BCUT2D eigenvalue weighted by Gasteiger charge is 2.40. The molecule has 1 saturated heterocycles. The number of fused-ring (bicyclic) bond motifs is 2. The summed E-state index contributed by atoms with van der Waals surface area (Å²) in [5.74, 6) is 2.02. The van der Waals surface area contributed by atoms with E-state index in [9.17, 15) is 9.59 Å². The summed E-state index contributed by atoms with van der Waals surface area (Å²) in [5.41, 5.74) is 3.26. The molecule has 7 heteroatoms. The summed E-state index contributed by atoms with van der Waals surface area (Å²) >= 11 is 0. The van der Waals surface area contributed by atoms with Crippen LogP contribution >= 0.6 is 0 Å².